The molecule has 0 saturated carbocycles. The minimum atomic E-state index is -0.140. The lowest BCUT2D eigenvalue weighted by Gasteiger charge is -2.12. The number of unbranched alkanes of at least 4 members (excludes halogenated alkanes) is 1. The molecular formula is C14H17ClN2OS. The maximum atomic E-state index is 11.9. The predicted octanol–water partition coefficient (Wildman–Crippen LogP) is 4.01. The Morgan fingerprint density at radius 2 is 2.32 bits per heavy atom. The molecule has 102 valence electrons. The summed E-state index contributed by atoms with van der Waals surface area (Å²) < 4.78 is 0. The lowest BCUT2D eigenvalue weighted by molar-refractivity contribution is -0.115. The summed E-state index contributed by atoms with van der Waals surface area (Å²) in [5.74, 6) is 0.776. The first-order valence-corrected chi connectivity index (χ1v) is 7.53. The molecule has 1 aromatic rings. The molecule has 0 aromatic heterocycles. The number of anilines is 1. The lowest BCUT2D eigenvalue weighted by Crippen LogP contribution is -2.22. The molecule has 1 unspecified atom stereocenters. The molecule has 1 atom stereocenters. The van der Waals surface area contributed by atoms with Crippen LogP contribution in [0.2, 0.25) is 5.02 Å². The number of carbonyl (C=O) groups excluding carboxylic acids is 1. The Morgan fingerprint density at radius 3 is 2.95 bits per heavy atom. The third-order valence-corrected chi connectivity index (χ3v) is 4.26. The van der Waals surface area contributed by atoms with Crippen LogP contribution in [0.5, 0.6) is 0 Å². The van der Waals surface area contributed by atoms with E-state index in [1.54, 1.807) is 17.8 Å². The van der Waals surface area contributed by atoms with E-state index in [2.05, 4.69) is 11.4 Å². The van der Waals surface area contributed by atoms with Crippen molar-refractivity contribution < 1.29 is 4.79 Å². The van der Waals surface area contributed by atoms with Crippen molar-refractivity contribution in [1.82, 2.24) is 0 Å². The Balaban J connectivity index is 2.45. The molecule has 0 fully saturated rings. The van der Waals surface area contributed by atoms with Gasteiger partial charge in [0.2, 0.25) is 5.91 Å². The molecule has 5 heteroatoms. The summed E-state index contributed by atoms with van der Waals surface area (Å²) in [5.41, 5.74) is 1.70. The number of carbonyl (C=O) groups is 1. The molecule has 1 rings (SSSR count). The van der Waals surface area contributed by atoms with Crippen LogP contribution < -0.4 is 5.32 Å². The van der Waals surface area contributed by atoms with Crippen LogP contribution in [0, 0.1) is 18.3 Å². The van der Waals surface area contributed by atoms with Crippen molar-refractivity contribution in [3.63, 3.8) is 0 Å². The van der Waals surface area contributed by atoms with Gasteiger partial charge in [-0.3, -0.25) is 4.79 Å². The molecule has 0 radical (unpaired) electrons. The Kier molecular flexibility index (Phi) is 6.75. The first kappa shape index (κ1) is 15.9. The van der Waals surface area contributed by atoms with Crippen molar-refractivity contribution in [3.05, 3.63) is 28.8 Å². The number of hydrogen-bond donors (Lipinski definition) is 1. The van der Waals surface area contributed by atoms with Gasteiger partial charge in [0.25, 0.3) is 0 Å². The van der Waals surface area contributed by atoms with Gasteiger partial charge in [0, 0.05) is 17.1 Å². The highest BCUT2D eigenvalue weighted by atomic mass is 35.5. The molecule has 1 N–H and O–H groups in total. The van der Waals surface area contributed by atoms with Gasteiger partial charge in [-0.15, -0.1) is 11.8 Å². The van der Waals surface area contributed by atoms with Crippen LogP contribution in [0.25, 0.3) is 0 Å². The molecular weight excluding hydrogens is 280 g/mol. The SMILES string of the molecule is Cc1ccc(NC(=O)C(C)SCCCC#N)cc1Cl. The second-order valence-corrected chi connectivity index (χ2v) is 6.08. The van der Waals surface area contributed by atoms with Gasteiger partial charge in [-0.2, -0.15) is 5.26 Å². The van der Waals surface area contributed by atoms with E-state index in [1.807, 2.05) is 26.0 Å². The number of amides is 1. The number of benzene rings is 1. The Bertz CT molecular complexity index is 485. The number of thioether (sulfide) groups is 1. The molecule has 0 aliphatic carbocycles. The molecule has 0 aliphatic rings. The van der Waals surface area contributed by atoms with Crippen LogP contribution in [0.4, 0.5) is 5.69 Å². The molecule has 19 heavy (non-hydrogen) atoms. The van der Waals surface area contributed by atoms with Crippen LogP contribution >= 0.6 is 23.4 Å². The van der Waals surface area contributed by atoms with E-state index in [9.17, 15) is 4.79 Å². The second-order valence-electron chi connectivity index (χ2n) is 4.23. The number of aryl methyl sites for hydroxylation is 1. The van der Waals surface area contributed by atoms with Crippen LogP contribution in [0.1, 0.15) is 25.3 Å². The smallest absolute Gasteiger partial charge is 0.237 e. The van der Waals surface area contributed by atoms with E-state index < -0.39 is 0 Å². The Hall–Kier alpha value is -1.18. The number of hydrogen-bond acceptors (Lipinski definition) is 3. The molecule has 3 nitrogen and oxygen atoms in total. The summed E-state index contributed by atoms with van der Waals surface area (Å²) in [6.45, 7) is 3.78. The van der Waals surface area contributed by atoms with E-state index >= 15 is 0 Å². The number of halogens is 1. The van der Waals surface area contributed by atoms with Crippen LogP contribution in [0.15, 0.2) is 18.2 Å². The van der Waals surface area contributed by atoms with Crippen molar-refractivity contribution in [2.24, 2.45) is 0 Å². The summed E-state index contributed by atoms with van der Waals surface area (Å²) in [7, 11) is 0. The Labute approximate surface area is 123 Å². The highest BCUT2D eigenvalue weighted by molar-refractivity contribution is 8.00. The lowest BCUT2D eigenvalue weighted by atomic mass is 10.2. The van der Waals surface area contributed by atoms with Crippen LogP contribution in [-0.4, -0.2) is 16.9 Å². The van der Waals surface area contributed by atoms with Gasteiger partial charge >= 0.3 is 0 Å². The highest BCUT2D eigenvalue weighted by Crippen LogP contribution is 2.21. The van der Waals surface area contributed by atoms with E-state index in [0.29, 0.717) is 17.1 Å². The minimum absolute atomic E-state index is 0.0399. The normalized spacial score (nSPS) is 11.7. The van der Waals surface area contributed by atoms with Crippen LogP contribution in [-0.2, 0) is 4.79 Å². The average molecular weight is 297 g/mol. The molecule has 1 aromatic carbocycles. The van der Waals surface area contributed by atoms with E-state index in [1.165, 1.54) is 0 Å². The standard InChI is InChI=1S/C14H17ClN2OS/c1-10-5-6-12(9-13(10)15)17-14(18)11(2)19-8-4-3-7-16/h5-6,9,11H,3-4,8H2,1-2H3,(H,17,18). The maximum absolute atomic E-state index is 11.9. The summed E-state index contributed by atoms with van der Waals surface area (Å²) in [5, 5.41) is 11.8. The van der Waals surface area contributed by atoms with Gasteiger partial charge in [-0.1, -0.05) is 17.7 Å². The largest absolute Gasteiger partial charge is 0.325 e. The molecule has 0 heterocycles. The van der Waals surface area contributed by atoms with Crippen molar-refractivity contribution >= 4 is 35.0 Å². The summed E-state index contributed by atoms with van der Waals surface area (Å²) in [4.78, 5) is 11.9. The number of nitrogens with one attached hydrogen (secondary N) is 1. The zero-order valence-electron chi connectivity index (χ0n) is 11.1. The maximum Gasteiger partial charge on any atom is 0.237 e. The summed E-state index contributed by atoms with van der Waals surface area (Å²) in [6.07, 6.45) is 1.35. The number of rotatable bonds is 6. The molecule has 0 aliphatic heterocycles. The van der Waals surface area contributed by atoms with Crippen molar-refractivity contribution in [2.75, 3.05) is 11.1 Å². The number of nitriles is 1. The fourth-order valence-corrected chi connectivity index (χ4v) is 2.46. The van der Waals surface area contributed by atoms with Crippen molar-refractivity contribution in [3.8, 4) is 6.07 Å². The van der Waals surface area contributed by atoms with Gasteiger partial charge in [-0.25, -0.2) is 0 Å². The van der Waals surface area contributed by atoms with Gasteiger partial charge < -0.3 is 5.32 Å². The zero-order valence-corrected chi connectivity index (χ0v) is 12.6. The predicted molar refractivity (Wildman–Crippen MR) is 81.6 cm³/mol. The first-order chi connectivity index (χ1) is 9.04. The van der Waals surface area contributed by atoms with E-state index in [4.69, 9.17) is 16.9 Å². The summed E-state index contributed by atoms with van der Waals surface area (Å²) in [6, 6.07) is 7.56. The van der Waals surface area contributed by atoms with E-state index in [-0.39, 0.29) is 11.2 Å². The second kappa shape index (κ2) is 8.08. The molecule has 0 spiro atoms. The van der Waals surface area contributed by atoms with Gasteiger partial charge in [-0.05, 0) is 43.7 Å². The van der Waals surface area contributed by atoms with Gasteiger partial charge in [0.15, 0.2) is 0 Å². The quantitative estimate of drug-likeness (QED) is 0.807. The average Bonchev–Trinajstić information content (AvgIpc) is 2.38. The monoisotopic (exact) mass is 296 g/mol. The van der Waals surface area contributed by atoms with Gasteiger partial charge in [0.05, 0.1) is 11.3 Å². The minimum Gasteiger partial charge on any atom is -0.325 e. The third-order valence-electron chi connectivity index (χ3n) is 2.61. The van der Waals surface area contributed by atoms with Crippen molar-refractivity contribution in [2.45, 2.75) is 31.9 Å². The Morgan fingerprint density at radius 1 is 1.58 bits per heavy atom. The molecule has 1 amide bonds. The zero-order chi connectivity index (χ0) is 14.3. The fraction of sp³-hybridized carbons (Fsp3) is 0.429. The topological polar surface area (TPSA) is 52.9 Å². The molecule has 0 saturated heterocycles. The van der Waals surface area contributed by atoms with Gasteiger partial charge in [0.1, 0.15) is 0 Å². The summed E-state index contributed by atoms with van der Waals surface area (Å²) >= 11 is 7.56. The third kappa shape index (κ3) is 5.54. The van der Waals surface area contributed by atoms with Crippen LogP contribution in [0.3, 0.4) is 0 Å². The number of nitrogens with zero attached hydrogens (tertiary/aromatic N) is 1. The highest BCUT2D eigenvalue weighted by Gasteiger charge is 2.13. The molecule has 0 bridgehead atoms. The fourth-order valence-electron chi connectivity index (χ4n) is 1.40. The van der Waals surface area contributed by atoms with E-state index in [0.717, 1.165) is 17.7 Å². The van der Waals surface area contributed by atoms with Crippen molar-refractivity contribution in [1.29, 1.82) is 5.26 Å². The first-order valence-electron chi connectivity index (χ1n) is 6.10.